The summed E-state index contributed by atoms with van der Waals surface area (Å²) in [4.78, 5) is 0. The molecule has 0 aliphatic carbocycles. The van der Waals surface area contributed by atoms with Crippen molar-refractivity contribution >= 4 is 103 Å². The van der Waals surface area contributed by atoms with Gasteiger partial charge < -0.3 is 12.3 Å². The van der Waals surface area contributed by atoms with Crippen LogP contribution in [-0.2, 0) is 0 Å². The molecule has 4 unspecified atom stereocenters. The SMILES string of the molecule is CC(CC#N)[Si](C)(C)C.CC(CC#N)[Si](C)(C)F.CC(CC#N)[Si](F)(F)F.CC(CC#N)[Si](F)(F)F.C[Si](C)(C)CCC#N.C[Si](C)(C)CCCC#N.C[Si](C)(F)CCC#N.C[Si](C)(F)CCCC#N.C[Si](F)(F)CCC#N.C[Si](F)(F)CCCC#N.N#CCCC[Si](F)(F)F.N#CCC[Si](F)(F)F. The standard InChI is InChI=1S/2C7H15NSi.2C6H12FNSi.C6H13NSi.C5H9F2NSi.C5H10FNSi.3C4H6F3NSi.C4H7F2NSi.C3H4F3NSi/c1-7(5-6-8)9(2,3)4;1-9(2,3)7-5-4-6-8;1-6(4-5-8)9(2,3)7;1-9(2,7)6-4-3-5-8;1-8(2,3)6-4-5-7;1-9(6,7)5-3-2-4-8;1-8(2,6)5-3-4-7;2*1-4(2-3-8)9(5,6)7;5-9(6,7)4-2-1-3-8;1-8(5,6)4-2-3-7;4-8(5,6)3-1-2-7/h7H,5H2,1-4H3;4-5,7H2,1-3H3;6H,4H2,1-3H3;3-4,6H2,1-2H3;4,6H2,1-3H3;2-3,5H2,1H3;3,5H2,1-2H3;2*4H,2H2,1H3;1-2,4H2;2,4H2,1H3;1,3H2. The summed E-state index contributed by atoms with van der Waals surface area (Å²) in [6, 6.07) is 23.7. The Bertz CT molecular complexity index is 2280. The van der Waals surface area contributed by atoms with E-state index in [-0.39, 0.29) is 49.7 Å². The minimum Gasteiger partial charge on any atom is -0.314 e. The maximum absolute atomic E-state index is 13.0. The van der Waals surface area contributed by atoms with Crippen LogP contribution in [0, 0.1) is 136 Å². The fourth-order valence-corrected chi connectivity index (χ4v) is 12.8. The van der Waals surface area contributed by atoms with Crippen molar-refractivity contribution < 1.29 is 78.0 Å². The Morgan fingerprint density at radius 3 is 0.615 bits per heavy atom. The molecular weight excluding hydrogens is 1600 g/mol. The highest BCUT2D eigenvalue weighted by atomic mass is 28.5. The summed E-state index contributed by atoms with van der Waals surface area (Å²) >= 11 is 0. The largest absolute Gasteiger partial charge is 0.620 e. The van der Waals surface area contributed by atoms with E-state index >= 15 is 0 Å². The van der Waals surface area contributed by atoms with E-state index in [0.717, 1.165) is 65.1 Å². The predicted molar refractivity (Wildman–Crippen MR) is 407 cm³/mol. The Morgan fingerprint density at radius 1 is 0.231 bits per heavy atom. The third-order valence-electron chi connectivity index (χ3n) is 12.3. The van der Waals surface area contributed by atoms with Gasteiger partial charge in [-0.05, 0) is 113 Å². The fraction of sp³-hybridized carbons (Fsp3) is 0.803. The van der Waals surface area contributed by atoms with E-state index in [1.807, 2.05) is 24.3 Å². The second-order valence-corrected chi connectivity index (χ2v) is 70.5. The molecule has 600 valence electrons. The molecule has 0 N–H and O–H groups in total. The molecule has 0 aliphatic heterocycles. The fourth-order valence-electron chi connectivity index (χ4n) is 4.72. The van der Waals surface area contributed by atoms with Crippen LogP contribution in [0.3, 0.4) is 0 Å². The van der Waals surface area contributed by atoms with E-state index in [4.69, 9.17) is 63.1 Å². The molecule has 0 bridgehead atoms. The normalized spacial score (nSPS) is 12.1. The zero-order valence-corrected chi connectivity index (χ0v) is 76.8. The molecule has 0 radical (unpaired) electrons. The highest BCUT2D eigenvalue weighted by Crippen LogP contribution is 2.30. The Labute approximate surface area is 625 Å². The van der Waals surface area contributed by atoms with E-state index < -0.39 is 139 Å². The summed E-state index contributed by atoms with van der Waals surface area (Å²) < 4.78 is 224. The molecule has 0 saturated carbocycles. The van der Waals surface area contributed by atoms with Gasteiger partial charge in [-0.25, -0.2) is 49.3 Å². The van der Waals surface area contributed by atoms with Crippen molar-refractivity contribution in [3.8, 4) is 72.8 Å². The Balaban J connectivity index is -0.0000000888. The van der Waals surface area contributed by atoms with Gasteiger partial charge in [0.2, 0.25) is 25.2 Å². The van der Waals surface area contributed by atoms with Crippen molar-refractivity contribution in [3.63, 3.8) is 0 Å². The zero-order chi connectivity index (χ0) is 85.8. The molecule has 0 aromatic heterocycles. The molecule has 0 saturated heterocycles. The van der Waals surface area contributed by atoms with Gasteiger partial charge in [0.25, 0.3) is 0 Å². The highest BCUT2D eigenvalue weighted by Gasteiger charge is 2.44. The first-order valence-electron chi connectivity index (χ1n) is 32.9. The molecule has 0 aliphatic rings. The van der Waals surface area contributed by atoms with Gasteiger partial charge in [-0.3, -0.25) is 16.4 Å². The number of hydrogen-bond donors (Lipinski definition) is 0. The molecule has 4 atom stereocenters. The molecule has 0 heterocycles. The number of rotatable bonds is 28. The molecular formula is C61H115F19N12Si12. The molecule has 12 nitrogen and oxygen atoms in total. The van der Waals surface area contributed by atoms with E-state index in [2.05, 4.69) is 84.1 Å². The Hall–Kier alpha value is -4.85. The minimum absolute atomic E-state index is 0.00424. The van der Waals surface area contributed by atoms with Crippen molar-refractivity contribution in [2.45, 2.75) is 312 Å². The average molecular weight is 1710 g/mol. The number of hydrogen-bond acceptors (Lipinski definition) is 12. The topological polar surface area (TPSA) is 285 Å². The van der Waals surface area contributed by atoms with Crippen LogP contribution in [0.1, 0.15) is 130 Å². The Kier molecular flexibility index (Phi) is 84.5. The molecule has 0 amide bonds. The lowest BCUT2D eigenvalue weighted by atomic mass is 10.4. The van der Waals surface area contributed by atoms with Crippen LogP contribution in [0.4, 0.5) is 78.0 Å². The molecule has 0 spiro atoms. The van der Waals surface area contributed by atoms with Crippen LogP contribution in [0.2, 0.25) is 182 Å². The molecule has 104 heavy (non-hydrogen) atoms. The summed E-state index contributed by atoms with van der Waals surface area (Å²) in [5.74, 6) is 0. The average Bonchev–Trinajstić information content (AvgIpc) is 0.937. The maximum atomic E-state index is 13.0. The number of nitrogens with zero attached hydrogens (tertiary/aromatic N) is 12. The van der Waals surface area contributed by atoms with Crippen molar-refractivity contribution in [2.24, 2.45) is 0 Å². The van der Waals surface area contributed by atoms with E-state index in [9.17, 15) is 78.0 Å². The molecule has 0 fully saturated rings. The van der Waals surface area contributed by atoms with Gasteiger partial charge in [0.1, 0.15) is 0 Å². The van der Waals surface area contributed by atoms with Crippen molar-refractivity contribution in [1.29, 1.82) is 63.1 Å². The first kappa shape index (κ1) is 126. The van der Waals surface area contributed by atoms with Crippen LogP contribution >= 0.6 is 0 Å². The van der Waals surface area contributed by atoms with E-state index in [0.29, 0.717) is 43.3 Å². The van der Waals surface area contributed by atoms with Crippen molar-refractivity contribution in [1.82, 2.24) is 0 Å². The predicted octanol–water partition coefficient (Wildman–Crippen LogP) is 26.9. The summed E-state index contributed by atoms with van der Waals surface area (Å²) in [6.07, 6.45) is 4.72. The highest BCUT2D eigenvalue weighted by molar-refractivity contribution is 6.78. The van der Waals surface area contributed by atoms with Gasteiger partial charge >= 0.3 is 53.8 Å². The summed E-state index contributed by atoms with van der Waals surface area (Å²) in [5.41, 5.74) is -2.10. The molecule has 0 aromatic carbocycles. The summed E-state index contributed by atoms with van der Waals surface area (Å²) in [6.45, 7) is 38.6. The van der Waals surface area contributed by atoms with Crippen LogP contribution in [0.25, 0.3) is 0 Å². The third-order valence-corrected chi connectivity index (χ3v) is 31.3. The lowest BCUT2D eigenvalue weighted by Crippen LogP contribution is -2.25. The van der Waals surface area contributed by atoms with E-state index in [1.54, 1.807) is 58.3 Å². The molecule has 0 aromatic rings. The van der Waals surface area contributed by atoms with Crippen molar-refractivity contribution in [3.05, 3.63) is 0 Å². The van der Waals surface area contributed by atoms with Crippen LogP contribution in [0.15, 0.2) is 0 Å². The van der Waals surface area contributed by atoms with Gasteiger partial charge in [-0.15, -0.1) is 0 Å². The van der Waals surface area contributed by atoms with Crippen LogP contribution in [0.5, 0.6) is 0 Å². The minimum atomic E-state index is -5.50. The van der Waals surface area contributed by atoms with Crippen LogP contribution in [-0.4, -0.2) is 103 Å². The summed E-state index contributed by atoms with van der Waals surface area (Å²) in [7, 11) is -39.5. The third kappa shape index (κ3) is 159. The number of unbranched alkanes of at least 4 members (excludes halogenated alkanes) is 4. The van der Waals surface area contributed by atoms with Gasteiger partial charge in [-0.1, -0.05) is 92.7 Å². The van der Waals surface area contributed by atoms with Crippen molar-refractivity contribution in [2.75, 3.05) is 0 Å². The second-order valence-electron chi connectivity index (χ2n) is 28.7. The lowest BCUT2D eigenvalue weighted by molar-refractivity contribution is 0.439. The van der Waals surface area contributed by atoms with Gasteiger partial charge in [0, 0.05) is 119 Å². The quantitative estimate of drug-likeness (QED) is 0.0306. The Morgan fingerprint density at radius 2 is 0.462 bits per heavy atom. The van der Waals surface area contributed by atoms with Gasteiger partial charge in [0.15, 0.2) is 0 Å². The van der Waals surface area contributed by atoms with Crippen LogP contribution < -0.4 is 0 Å². The monoisotopic (exact) mass is 1710 g/mol. The van der Waals surface area contributed by atoms with E-state index in [1.165, 1.54) is 24.3 Å². The molecule has 0 rings (SSSR count). The zero-order valence-electron chi connectivity index (χ0n) is 64.8. The first-order chi connectivity index (χ1) is 46.4. The maximum Gasteiger partial charge on any atom is 0.620 e. The summed E-state index contributed by atoms with van der Waals surface area (Å²) in [5, 5.41) is 96.3. The lowest BCUT2D eigenvalue weighted by Gasteiger charge is -2.21. The number of nitriles is 12. The molecule has 43 heteroatoms. The first-order valence-corrected chi connectivity index (χ1v) is 65.1. The van der Waals surface area contributed by atoms with Gasteiger partial charge in [0.05, 0.1) is 83.9 Å². The van der Waals surface area contributed by atoms with Gasteiger partial charge in [-0.2, -0.15) is 63.1 Å². The number of halogens is 19. The smallest absolute Gasteiger partial charge is 0.314 e. The second kappa shape index (κ2) is 69.9.